The molecule has 4 heteroatoms. The largest absolute Gasteiger partial charge is 0.465 e. The Kier molecular flexibility index (Phi) is 3.95. The lowest BCUT2D eigenvalue weighted by Crippen LogP contribution is -2.42. The van der Waals surface area contributed by atoms with Crippen LogP contribution in [-0.2, 0) is 4.74 Å². The van der Waals surface area contributed by atoms with Gasteiger partial charge in [0.1, 0.15) is 17.5 Å². The van der Waals surface area contributed by atoms with Crippen LogP contribution in [0.2, 0.25) is 0 Å². The van der Waals surface area contributed by atoms with E-state index in [1.54, 1.807) is 19.4 Å². The minimum atomic E-state index is -0.709. The number of hydrogen-bond acceptors (Lipinski definition) is 3. The van der Waals surface area contributed by atoms with Crippen molar-refractivity contribution in [2.45, 2.75) is 44.3 Å². The van der Waals surface area contributed by atoms with E-state index >= 15 is 0 Å². The Hall–Kier alpha value is -0.320. The Morgan fingerprint density at radius 2 is 2.41 bits per heavy atom. The van der Waals surface area contributed by atoms with Gasteiger partial charge in [0.15, 0.2) is 0 Å². The van der Waals surface area contributed by atoms with Gasteiger partial charge in [-0.1, -0.05) is 19.8 Å². The molecule has 1 aliphatic carbocycles. The molecule has 17 heavy (non-hydrogen) atoms. The molecule has 0 bridgehead atoms. The Bertz CT molecular complexity index is 376. The highest BCUT2D eigenvalue weighted by Crippen LogP contribution is 2.44. The van der Waals surface area contributed by atoms with E-state index in [0.717, 1.165) is 23.7 Å². The van der Waals surface area contributed by atoms with Gasteiger partial charge in [0.25, 0.3) is 0 Å². The second kappa shape index (κ2) is 5.12. The zero-order chi connectivity index (χ0) is 12.5. The normalized spacial score (nSPS) is 31.4. The molecule has 1 aromatic rings. The number of halogens is 1. The van der Waals surface area contributed by atoms with Crippen molar-refractivity contribution < 1.29 is 14.3 Å². The molecule has 1 heterocycles. The number of ether oxygens (including phenoxy) is 1. The molecule has 0 amide bonds. The van der Waals surface area contributed by atoms with Crippen molar-refractivity contribution in [3.05, 3.63) is 22.6 Å². The van der Waals surface area contributed by atoms with Gasteiger partial charge in [-0.3, -0.25) is 0 Å². The number of aliphatic hydroxyl groups excluding tert-OH is 1. The monoisotopic (exact) mass is 302 g/mol. The maximum atomic E-state index is 10.5. The molecule has 0 aromatic carbocycles. The first-order chi connectivity index (χ1) is 8.09. The second-order valence-corrected chi connectivity index (χ2v) is 5.86. The third kappa shape index (κ3) is 2.44. The maximum Gasteiger partial charge on any atom is 0.149 e. The van der Waals surface area contributed by atoms with E-state index in [1.807, 2.05) is 0 Å². The summed E-state index contributed by atoms with van der Waals surface area (Å²) in [6.07, 6.45) is 4.92. The van der Waals surface area contributed by atoms with Gasteiger partial charge in [-0.15, -0.1) is 0 Å². The highest BCUT2D eigenvalue weighted by Gasteiger charge is 2.44. The molecule has 1 aromatic heterocycles. The van der Waals surface area contributed by atoms with Crippen molar-refractivity contribution in [1.82, 2.24) is 0 Å². The fraction of sp³-hybridized carbons (Fsp3) is 0.692. The molecule has 1 fully saturated rings. The summed E-state index contributed by atoms with van der Waals surface area (Å²) in [7, 11) is 1.68. The molecular formula is C13H19BrO3. The van der Waals surface area contributed by atoms with Crippen molar-refractivity contribution in [2.24, 2.45) is 5.92 Å². The Labute approximate surface area is 110 Å². The molecule has 1 saturated carbocycles. The molecular weight excluding hydrogens is 284 g/mol. The lowest BCUT2D eigenvalue weighted by molar-refractivity contribution is -0.140. The van der Waals surface area contributed by atoms with E-state index in [1.165, 1.54) is 6.42 Å². The Morgan fingerprint density at radius 3 is 2.94 bits per heavy atom. The van der Waals surface area contributed by atoms with Crippen LogP contribution in [0.1, 0.15) is 44.5 Å². The quantitative estimate of drug-likeness (QED) is 0.926. The Balaban J connectivity index is 2.26. The summed E-state index contributed by atoms with van der Waals surface area (Å²) in [6.45, 7) is 2.21. The van der Waals surface area contributed by atoms with E-state index < -0.39 is 11.7 Å². The van der Waals surface area contributed by atoms with Gasteiger partial charge in [0.05, 0.1) is 10.7 Å². The van der Waals surface area contributed by atoms with E-state index in [0.29, 0.717) is 11.7 Å². The standard InChI is InChI=1S/C13H19BrO3/c1-9-4-3-6-13(8-9,16-2)12(15)11-10(14)5-7-17-11/h5,7,9,12,15H,3-4,6,8H2,1-2H3. The SMILES string of the molecule is COC1(C(O)c2occc2Br)CCCC(C)C1. The van der Waals surface area contributed by atoms with Gasteiger partial charge in [0, 0.05) is 7.11 Å². The van der Waals surface area contributed by atoms with Crippen LogP contribution in [0.25, 0.3) is 0 Å². The average molecular weight is 303 g/mol. The molecule has 2 rings (SSSR count). The molecule has 0 saturated heterocycles. The molecule has 0 aliphatic heterocycles. The fourth-order valence-electron chi connectivity index (χ4n) is 2.83. The molecule has 0 radical (unpaired) electrons. The molecule has 3 atom stereocenters. The van der Waals surface area contributed by atoms with Gasteiger partial charge in [-0.05, 0) is 40.8 Å². The van der Waals surface area contributed by atoms with Crippen molar-refractivity contribution in [3.8, 4) is 0 Å². The first-order valence-corrected chi connectivity index (χ1v) is 6.84. The Morgan fingerprint density at radius 1 is 1.65 bits per heavy atom. The third-order valence-electron chi connectivity index (χ3n) is 3.79. The summed E-state index contributed by atoms with van der Waals surface area (Å²) in [5, 5.41) is 10.5. The summed E-state index contributed by atoms with van der Waals surface area (Å²) in [5.74, 6) is 1.15. The molecule has 0 spiro atoms. The number of rotatable bonds is 3. The third-order valence-corrected chi connectivity index (χ3v) is 4.44. The minimum absolute atomic E-state index is 0.502. The van der Waals surface area contributed by atoms with Gasteiger partial charge in [-0.25, -0.2) is 0 Å². The smallest absolute Gasteiger partial charge is 0.149 e. The lowest BCUT2D eigenvalue weighted by atomic mass is 9.75. The zero-order valence-electron chi connectivity index (χ0n) is 10.3. The lowest BCUT2D eigenvalue weighted by Gasteiger charge is -2.41. The van der Waals surface area contributed by atoms with Crippen LogP contribution in [0.15, 0.2) is 21.2 Å². The topological polar surface area (TPSA) is 42.6 Å². The number of methoxy groups -OCH3 is 1. The molecule has 1 N–H and O–H groups in total. The highest BCUT2D eigenvalue weighted by molar-refractivity contribution is 9.10. The van der Waals surface area contributed by atoms with Crippen LogP contribution in [0, 0.1) is 5.92 Å². The van der Waals surface area contributed by atoms with Crippen LogP contribution in [0.5, 0.6) is 0 Å². The first kappa shape index (κ1) is 13.1. The van der Waals surface area contributed by atoms with E-state index in [2.05, 4.69) is 22.9 Å². The molecule has 1 aliphatic rings. The van der Waals surface area contributed by atoms with Crippen molar-refractivity contribution in [3.63, 3.8) is 0 Å². The summed E-state index contributed by atoms with van der Waals surface area (Å²) < 4.78 is 11.8. The van der Waals surface area contributed by atoms with Gasteiger partial charge >= 0.3 is 0 Å². The second-order valence-electron chi connectivity index (χ2n) is 5.01. The average Bonchev–Trinajstić information content (AvgIpc) is 2.74. The van der Waals surface area contributed by atoms with Crippen LogP contribution in [-0.4, -0.2) is 17.8 Å². The van der Waals surface area contributed by atoms with Crippen LogP contribution < -0.4 is 0 Å². The van der Waals surface area contributed by atoms with Crippen LogP contribution >= 0.6 is 15.9 Å². The summed E-state index contributed by atoms with van der Waals surface area (Å²) in [6, 6.07) is 1.80. The van der Waals surface area contributed by atoms with E-state index in [9.17, 15) is 5.11 Å². The predicted octanol–water partition coefficient (Wildman–Crippen LogP) is 3.67. The molecule has 3 nitrogen and oxygen atoms in total. The van der Waals surface area contributed by atoms with Crippen LogP contribution in [0.3, 0.4) is 0 Å². The molecule has 96 valence electrons. The number of furan rings is 1. The van der Waals surface area contributed by atoms with Gasteiger partial charge < -0.3 is 14.3 Å². The first-order valence-electron chi connectivity index (χ1n) is 6.05. The highest BCUT2D eigenvalue weighted by atomic mass is 79.9. The summed E-state index contributed by atoms with van der Waals surface area (Å²) >= 11 is 3.39. The van der Waals surface area contributed by atoms with Crippen molar-refractivity contribution in [2.75, 3.05) is 7.11 Å². The fourth-order valence-corrected chi connectivity index (χ4v) is 3.25. The zero-order valence-corrected chi connectivity index (χ0v) is 11.9. The van der Waals surface area contributed by atoms with Gasteiger partial charge in [0.2, 0.25) is 0 Å². The minimum Gasteiger partial charge on any atom is -0.465 e. The number of hydrogen-bond donors (Lipinski definition) is 1. The van der Waals surface area contributed by atoms with E-state index in [4.69, 9.17) is 9.15 Å². The van der Waals surface area contributed by atoms with Gasteiger partial charge in [-0.2, -0.15) is 0 Å². The summed E-state index contributed by atoms with van der Waals surface area (Å²) in [5.41, 5.74) is -0.502. The predicted molar refractivity (Wildman–Crippen MR) is 68.7 cm³/mol. The number of aliphatic hydroxyl groups is 1. The van der Waals surface area contributed by atoms with Crippen LogP contribution in [0.4, 0.5) is 0 Å². The van der Waals surface area contributed by atoms with Crippen molar-refractivity contribution >= 4 is 15.9 Å². The van der Waals surface area contributed by atoms with E-state index in [-0.39, 0.29) is 0 Å². The maximum absolute atomic E-state index is 10.5. The van der Waals surface area contributed by atoms with Crippen molar-refractivity contribution in [1.29, 1.82) is 0 Å². The summed E-state index contributed by atoms with van der Waals surface area (Å²) in [4.78, 5) is 0. The molecule has 3 unspecified atom stereocenters.